The van der Waals surface area contributed by atoms with Crippen molar-refractivity contribution in [1.82, 2.24) is 10.2 Å². The lowest BCUT2D eigenvalue weighted by Gasteiger charge is -2.26. The van der Waals surface area contributed by atoms with Crippen molar-refractivity contribution in [3.8, 4) is 0 Å². The van der Waals surface area contributed by atoms with Crippen molar-refractivity contribution in [3.05, 3.63) is 0 Å². The average Bonchev–Trinajstić information content (AvgIpc) is 2.15. The van der Waals surface area contributed by atoms with E-state index in [1.807, 2.05) is 5.32 Å². The van der Waals surface area contributed by atoms with E-state index in [9.17, 15) is 26.4 Å². The van der Waals surface area contributed by atoms with E-state index in [1.165, 1.54) is 4.90 Å². The number of halogens is 3. The number of alkyl halides is 3. The van der Waals surface area contributed by atoms with E-state index in [-0.39, 0.29) is 24.6 Å². The van der Waals surface area contributed by atoms with Crippen molar-refractivity contribution in [1.29, 1.82) is 0 Å². The molecule has 0 aromatic rings. The van der Waals surface area contributed by atoms with Gasteiger partial charge < -0.3 is 10.2 Å². The molecule has 0 aromatic heterocycles. The van der Waals surface area contributed by atoms with Crippen molar-refractivity contribution in [2.24, 2.45) is 0 Å². The van der Waals surface area contributed by atoms with E-state index >= 15 is 0 Å². The molecule has 0 aromatic carbocycles. The third-order valence-corrected chi connectivity index (χ3v) is 3.91. The Morgan fingerprint density at radius 3 is 2.24 bits per heavy atom. The van der Waals surface area contributed by atoms with Gasteiger partial charge in [0, 0.05) is 13.1 Å². The summed E-state index contributed by atoms with van der Waals surface area (Å²) in [6.07, 6.45) is -4.36. The minimum atomic E-state index is -4.36. The maximum absolute atomic E-state index is 11.8. The molecule has 1 amide bonds. The molecule has 1 N–H and O–H groups in total. The fourth-order valence-electron chi connectivity index (χ4n) is 1.38. The number of hydrogen-bond acceptors (Lipinski definition) is 4. The first-order valence-corrected chi connectivity index (χ1v) is 6.77. The molecule has 0 saturated carbocycles. The molecule has 1 rings (SSSR count). The van der Waals surface area contributed by atoms with Crippen LogP contribution in [-0.4, -0.2) is 63.1 Å². The molecule has 5 nitrogen and oxygen atoms in total. The van der Waals surface area contributed by atoms with Crippen LogP contribution in [0.15, 0.2) is 0 Å². The maximum Gasteiger partial charge on any atom is 0.401 e. The number of carbonyl (C=O) groups is 1. The van der Waals surface area contributed by atoms with E-state index in [4.69, 9.17) is 0 Å². The summed E-state index contributed by atoms with van der Waals surface area (Å²) in [7, 11) is -3.09. The van der Waals surface area contributed by atoms with Crippen LogP contribution in [0.4, 0.5) is 13.2 Å². The predicted molar refractivity (Wildman–Crippen MR) is 54.2 cm³/mol. The van der Waals surface area contributed by atoms with Crippen LogP contribution in [0.5, 0.6) is 0 Å². The lowest BCUT2D eigenvalue weighted by atomic mass is 10.4. The van der Waals surface area contributed by atoms with Gasteiger partial charge in [0.05, 0.1) is 24.6 Å². The van der Waals surface area contributed by atoms with Crippen molar-refractivity contribution in [2.75, 3.05) is 37.7 Å². The first-order valence-electron chi connectivity index (χ1n) is 4.95. The monoisotopic (exact) mass is 274 g/mol. The molecule has 0 aliphatic carbocycles. The smallest absolute Gasteiger partial charge is 0.340 e. The van der Waals surface area contributed by atoms with E-state index in [0.29, 0.717) is 0 Å². The fourth-order valence-corrected chi connectivity index (χ4v) is 2.59. The van der Waals surface area contributed by atoms with E-state index in [0.717, 1.165) is 0 Å². The van der Waals surface area contributed by atoms with Gasteiger partial charge in [-0.3, -0.25) is 4.79 Å². The van der Waals surface area contributed by atoms with Gasteiger partial charge in [-0.2, -0.15) is 13.2 Å². The van der Waals surface area contributed by atoms with Crippen molar-refractivity contribution < 1.29 is 26.4 Å². The summed E-state index contributed by atoms with van der Waals surface area (Å²) in [5, 5.41) is 1.98. The molecule has 0 atom stereocenters. The summed E-state index contributed by atoms with van der Waals surface area (Å²) in [5.74, 6) is -0.764. The minimum Gasteiger partial charge on any atom is -0.340 e. The van der Waals surface area contributed by atoms with Gasteiger partial charge in [0.1, 0.15) is 0 Å². The fraction of sp³-hybridized carbons (Fsp3) is 0.875. The second-order valence-corrected chi connectivity index (χ2v) is 6.05. The summed E-state index contributed by atoms with van der Waals surface area (Å²) < 4.78 is 57.5. The quantitative estimate of drug-likeness (QED) is 0.746. The Morgan fingerprint density at radius 1 is 1.24 bits per heavy atom. The highest BCUT2D eigenvalue weighted by Crippen LogP contribution is 2.12. The molecule has 9 heteroatoms. The van der Waals surface area contributed by atoms with E-state index < -0.39 is 35.0 Å². The molecule has 1 aliphatic heterocycles. The zero-order valence-corrected chi connectivity index (χ0v) is 9.77. The second kappa shape index (κ2) is 5.21. The Bertz CT molecular complexity index is 366. The normalized spacial score (nSPS) is 20.3. The largest absolute Gasteiger partial charge is 0.401 e. The van der Waals surface area contributed by atoms with Crippen LogP contribution in [0, 0.1) is 0 Å². The molecular formula is C8H13F3N2O3S. The van der Waals surface area contributed by atoms with Crippen LogP contribution in [0.2, 0.25) is 0 Å². The molecule has 1 heterocycles. The standard InChI is InChI=1S/C8H13F3N2O3S/c9-8(10,11)6-12-5-7(14)13-1-3-17(15,16)4-2-13/h12H,1-6H2. The van der Waals surface area contributed by atoms with Gasteiger partial charge >= 0.3 is 6.18 Å². The third kappa shape index (κ3) is 5.35. The third-order valence-electron chi connectivity index (χ3n) is 2.30. The van der Waals surface area contributed by atoms with E-state index in [1.54, 1.807) is 0 Å². The van der Waals surface area contributed by atoms with Gasteiger partial charge in [-0.15, -0.1) is 0 Å². The van der Waals surface area contributed by atoms with Gasteiger partial charge in [0.2, 0.25) is 5.91 Å². The maximum atomic E-state index is 11.8. The number of sulfone groups is 1. The predicted octanol–water partition coefficient (Wildman–Crippen LogP) is -0.605. The van der Waals surface area contributed by atoms with Gasteiger partial charge in [-0.1, -0.05) is 0 Å². The van der Waals surface area contributed by atoms with Gasteiger partial charge in [-0.05, 0) is 0 Å². The molecule has 17 heavy (non-hydrogen) atoms. The molecule has 0 unspecified atom stereocenters. The Labute approximate surface area is 96.9 Å². The average molecular weight is 274 g/mol. The summed E-state index contributed by atoms with van der Waals surface area (Å²) in [4.78, 5) is 12.7. The summed E-state index contributed by atoms with van der Waals surface area (Å²) in [5.41, 5.74) is 0. The Hall–Kier alpha value is -0.830. The molecule has 1 fully saturated rings. The van der Waals surface area contributed by atoms with E-state index in [2.05, 4.69) is 0 Å². The first kappa shape index (κ1) is 14.2. The lowest BCUT2D eigenvalue weighted by molar-refractivity contribution is -0.134. The van der Waals surface area contributed by atoms with Gasteiger partial charge in [0.15, 0.2) is 9.84 Å². The summed E-state index contributed by atoms with van der Waals surface area (Å²) in [6, 6.07) is 0. The lowest BCUT2D eigenvalue weighted by Crippen LogP contribution is -2.47. The molecular weight excluding hydrogens is 261 g/mol. The molecule has 0 radical (unpaired) electrons. The molecule has 0 spiro atoms. The van der Waals surface area contributed by atoms with Crippen LogP contribution in [0.3, 0.4) is 0 Å². The second-order valence-electron chi connectivity index (χ2n) is 3.75. The van der Waals surface area contributed by atoms with Crippen LogP contribution in [0.1, 0.15) is 0 Å². The van der Waals surface area contributed by atoms with Crippen LogP contribution >= 0.6 is 0 Å². The number of rotatable bonds is 3. The molecule has 0 bridgehead atoms. The van der Waals surface area contributed by atoms with Crippen molar-refractivity contribution in [2.45, 2.75) is 6.18 Å². The first-order chi connectivity index (χ1) is 7.70. The highest BCUT2D eigenvalue weighted by Gasteiger charge is 2.28. The summed E-state index contributed by atoms with van der Waals surface area (Å²) >= 11 is 0. The van der Waals surface area contributed by atoms with Gasteiger partial charge in [0.25, 0.3) is 0 Å². The van der Waals surface area contributed by atoms with Gasteiger partial charge in [-0.25, -0.2) is 8.42 Å². The number of carbonyl (C=O) groups excluding carboxylic acids is 1. The zero-order valence-electron chi connectivity index (χ0n) is 8.96. The number of nitrogens with zero attached hydrogens (tertiary/aromatic N) is 1. The topological polar surface area (TPSA) is 66.5 Å². The number of hydrogen-bond donors (Lipinski definition) is 1. The van der Waals surface area contributed by atoms with Crippen LogP contribution in [-0.2, 0) is 14.6 Å². The molecule has 100 valence electrons. The Balaban J connectivity index is 2.30. The van der Waals surface area contributed by atoms with Crippen molar-refractivity contribution in [3.63, 3.8) is 0 Å². The van der Waals surface area contributed by atoms with Crippen LogP contribution in [0.25, 0.3) is 0 Å². The number of nitrogens with one attached hydrogen (secondary N) is 1. The molecule has 1 aliphatic rings. The zero-order chi connectivity index (χ0) is 13.1. The molecule has 1 saturated heterocycles. The highest BCUT2D eigenvalue weighted by atomic mass is 32.2. The summed E-state index contributed by atoms with van der Waals surface area (Å²) in [6.45, 7) is -1.56. The minimum absolute atomic E-state index is 0.0505. The Morgan fingerprint density at radius 2 is 1.76 bits per heavy atom. The highest BCUT2D eigenvalue weighted by molar-refractivity contribution is 7.91. The SMILES string of the molecule is O=C(CNCC(F)(F)F)N1CCS(=O)(=O)CC1. The Kier molecular flexibility index (Phi) is 4.36. The number of amides is 1. The van der Waals surface area contributed by atoms with Crippen molar-refractivity contribution >= 4 is 15.7 Å². The van der Waals surface area contributed by atoms with Crippen LogP contribution < -0.4 is 5.32 Å².